The fourth-order valence-electron chi connectivity index (χ4n) is 1.55. The van der Waals surface area contributed by atoms with Gasteiger partial charge in [-0.3, -0.25) is 4.99 Å². The Hall–Kier alpha value is -2.15. The van der Waals surface area contributed by atoms with E-state index in [9.17, 15) is 0 Å². The highest BCUT2D eigenvalue weighted by atomic mass is 14.7. The molecule has 17 heavy (non-hydrogen) atoms. The summed E-state index contributed by atoms with van der Waals surface area (Å²) < 4.78 is 0. The van der Waals surface area contributed by atoms with Gasteiger partial charge in [-0.2, -0.15) is 0 Å². The number of rotatable bonds is 3. The quantitative estimate of drug-likeness (QED) is 0.690. The van der Waals surface area contributed by atoms with Crippen molar-refractivity contribution in [1.82, 2.24) is 0 Å². The monoisotopic (exact) mass is 221 g/mol. The molecule has 0 saturated heterocycles. The molecule has 2 rings (SSSR count). The van der Waals surface area contributed by atoms with Crippen LogP contribution in [0.3, 0.4) is 0 Å². The Balaban J connectivity index is 2.09. The molecule has 0 aliphatic heterocycles. The molecule has 0 aliphatic rings. The van der Waals surface area contributed by atoms with Crippen molar-refractivity contribution in [1.29, 1.82) is 0 Å². The lowest BCUT2D eigenvalue weighted by Gasteiger charge is -1.98. The Morgan fingerprint density at radius 2 is 1.47 bits per heavy atom. The SMILES string of the molecule is CC(=CN=Cc1ccccc1)c1ccccc1. The van der Waals surface area contributed by atoms with Gasteiger partial charge >= 0.3 is 0 Å². The van der Waals surface area contributed by atoms with Gasteiger partial charge in [0.15, 0.2) is 0 Å². The number of nitrogens with zero attached hydrogens (tertiary/aromatic N) is 1. The zero-order chi connectivity index (χ0) is 11.9. The van der Waals surface area contributed by atoms with E-state index in [1.54, 1.807) is 0 Å². The standard InChI is InChI=1S/C16H15N/c1-14(16-10-6-3-7-11-16)12-17-13-15-8-4-2-5-9-15/h2-13H,1H3. The van der Waals surface area contributed by atoms with Crippen molar-refractivity contribution >= 4 is 11.8 Å². The van der Waals surface area contributed by atoms with Gasteiger partial charge in [0.2, 0.25) is 0 Å². The van der Waals surface area contributed by atoms with Gasteiger partial charge in [0.1, 0.15) is 0 Å². The van der Waals surface area contributed by atoms with Crippen LogP contribution in [-0.4, -0.2) is 6.21 Å². The Labute approximate surface area is 102 Å². The lowest BCUT2D eigenvalue weighted by molar-refractivity contribution is 1.50. The zero-order valence-electron chi connectivity index (χ0n) is 9.88. The smallest absolute Gasteiger partial charge is 0.0340 e. The molecule has 0 unspecified atom stereocenters. The summed E-state index contributed by atoms with van der Waals surface area (Å²) in [4.78, 5) is 4.33. The van der Waals surface area contributed by atoms with Crippen LogP contribution in [0, 0.1) is 0 Å². The summed E-state index contributed by atoms with van der Waals surface area (Å²) in [6, 6.07) is 20.4. The molecule has 0 aliphatic carbocycles. The summed E-state index contributed by atoms with van der Waals surface area (Å²) in [5.74, 6) is 0. The molecule has 2 aromatic rings. The van der Waals surface area contributed by atoms with Crippen molar-refractivity contribution in [2.75, 3.05) is 0 Å². The third-order valence-corrected chi connectivity index (χ3v) is 2.52. The van der Waals surface area contributed by atoms with Crippen LogP contribution in [0.5, 0.6) is 0 Å². The van der Waals surface area contributed by atoms with E-state index in [1.165, 1.54) is 5.56 Å². The van der Waals surface area contributed by atoms with Gasteiger partial charge in [-0.1, -0.05) is 60.7 Å². The first kappa shape index (κ1) is 11.3. The van der Waals surface area contributed by atoms with Crippen molar-refractivity contribution in [2.24, 2.45) is 4.99 Å². The molecular weight excluding hydrogens is 206 g/mol. The minimum Gasteiger partial charge on any atom is -0.264 e. The number of benzene rings is 2. The molecule has 1 nitrogen and oxygen atoms in total. The van der Waals surface area contributed by atoms with Crippen LogP contribution in [-0.2, 0) is 0 Å². The molecule has 0 N–H and O–H groups in total. The van der Waals surface area contributed by atoms with Crippen LogP contribution in [0.4, 0.5) is 0 Å². The highest BCUT2D eigenvalue weighted by Gasteiger charge is 1.91. The Kier molecular flexibility index (Phi) is 3.87. The van der Waals surface area contributed by atoms with Gasteiger partial charge in [0.25, 0.3) is 0 Å². The van der Waals surface area contributed by atoms with Gasteiger partial charge in [-0.05, 0) is 23.6 Å². The van der Waals surface area contributed by atoms with E-state index in [2.05, 4.69) is 24.0 Å². The van der Waals surface area contributed by atoms with Crippen molar-refractivity contribution in [3.05, 3.63) is 78.0 Å². The number of allylic oxidation sites excluding steroid dienone is 1. The van der Waals surface area contributed by atoms with E-state index in [0.717, 1.165) is 11.1 Å². The van der Waals surface area contributed by atoms with E-state index >= 15 is 0 Å². The van der Waals surface area contributed by atoms with E-state index in [-0.39, 0.29) is 0 Å². The van der Waals surface area contributed by atoms with E-state index < -0.39 is 0 Å². The maximum atomic E-state index is 4.33. The Morgan fingerprint density at radius 3 is 2.12 bits per heavy atom. The molecule has 0 aromatic heterocycles. The van der Waals surface area contributed by atoms with Crippen LogP contribution in [0.2, 0.25) is 0 Å². The van der Waals surface area contributed by atoms with Crippen LogP contribution < -0.4 is 0 Å². The summed E-state index contributed by atoms with van der Waals surface area (Å²) in [5.41, 5.74) is 3.49. The average molecular weight is 221 g/mol. The average Bonchev–Trinajstić information content (AvgIpc) is 2.41. The second kappa shape index (κ2) is 5.80. The minimum absolute atomic E-state index is 1.12. The van der Waals surface area contributed by atoms with E-state index in [4.69, 9.17) is 0 Å². The topological polar surface area (TPSA) is 12.4 Å². The summed E-state index contributed by atoms with van der Waals surface area (Å²) in [7, 11) is 0. The van der Waals surface area contributed by atoms with Gasteiger partial charge < -0.3 is 0 Å². The summed E-state index contributed by atoms with van der Waals surface area (Å²) in [6.45, 7) is 2.07. The first-order valence-electron chi connectivity index (χ1n) is 5.67. The Morgan fingerprint density at radius 1 is 0.882 bits per heavy atom. The molecule has 0 fully saturated rings. The molecule has 2 aromatic carbocycles. The molecule has 0 heterocycles. The number of hydrogen-bond acceptors (Lipinski definition) is 1. The summed E-state index contributed by atoms with van der Waals surface area (Å²) in [6.07, 6.45) is 3.76. The highest BCUT2D eigenvalue weighted by Crippen LogP contribution is 2.12. The number of aliphatic imine (C=N–C) groups is 1. The highest BCUT2D eigenvalue weighted by molar-refractivity contribution is 5.80. The third-order valence-electron chi connectivity index (χ3n) is 2.52. The summed E-state index contributed by atoms with van der Waals surface area (Å²) in [5, 5.41) is 0. The summed E-state index contributed by atoms with van der Waals surface area (Å²) >= 11 is 0. The molecular formula is C16H15N. The molecule has 0 spiro atoms. The predicted octanol–water partition coefficient (Wildman–Crippen LogP) is 4.17. The number of hydrogen-bond donors (Lipinski definition) is 0. The van der Waals surface area contributed by atoms with Gasteiger partial charge in [-0.15, -0.1) is 0 Å². The molecule has 0 bridgehead atoms. The van der Waals surface area contributed by atoms with Gasteiger partial charge in [-0.25, -0.2) is 0 Å². The lowest BCUT2D eigenvalue weighted by Crippen LogP contribution is -1.79. The lowest BCUT2D eigenvalue weighted by atomic mass is 10.1. The second-order valence-corrected chi connectivity index (χ2v) is 3.87. The normalized spacial score (nSPS) is 11.9. The fraction of sp³-hybridized carbons (Fsp3) is 0.0625. The van der Waals surface area contributed by atoms with Gasteiger partial charge in [0, 0.05) is 12.4 Å². The van der Waals surface area contributed by atoms with Gasteiger partial charge in [0.05, 0.1) is 0 Å². The molecule has 0 radical (unpaired) electrons. The van der Waals surface area contributed by atoms with Crippen molar-refractivity contribution in [2.45, 2.75) is 6.92 Å². The Bertz CT molecular complexity index is 510. The van der Waals surface area contributed by atoms with E-state index in [1.807, 2.05) is 60.9 Å². The van der Waals surface area contributed by atoms with Crippen LogP contribution in [0.25, 0.3) is 5.57 Å². The molecule has 0 amide bonds. The maximum Gasteiger partial charge on any atom is 0.0340 e. The first-order valence-corrected chi connectivity index (χ1v) is 5.67. The first-order chi connectivity index (χ1) is 8.36. The second-order valence-electron chi connectivity index (χ2n) is 3.87. The van der Waals surface area contributed by atoms with E-state index in [0.29, 0.717) is 0 Å². The fourth-order valence-corrected chi connectivity index (χ4v) is 1.55. The molecule has 84 valence electrons. The molecule has 1 heteroatoms. The van der Waals surface area contributed by atoms with Crippen LogP contribution in [0.1, 0.15) is 18.1 Å². The largest absolute Gasteiger partial charge is 0.264 e. The van der Waals surface area contributed by atoms with Crippen molar-refractivity contribution in [3.63, 3.8) is 0 Å². The van der Waals surface area contributed by atoms with Crippen LogP contribution >= 0.6 is 0 Å². The van der Waals surface area contributed by atoms with Crippen molar-refractivity contribution < 1.29 is 0 Å². The minimum atomic E-state index is 1.12. The molecule has 0 atom stereocenters. The molecule has 0 saturated carbocycles. The zero-order valence-corrected chi connectivity index (χ0v) is 9.88. The predicted molar refractivity (Wildman–Crippen MR) is 74.1 cm³/mol. The van der Waals surface area contributed by atoms with Crippen molar-refractivity contribution in [3.8, 4) is 0 Å². The van der Waals surface area contributed by atoms with Crippen LogP contribution in [0.15, 0.2) is 71.9 Å². The third kappa shape index (κ3) is 3.42. The maximum absolute atomic E-state index is 4.33.